The molecule has 0 aliphatic carbocycles. The predicted molar refractivity (Wildman–Crippen MR) is 97.3 cm³/mol. The molecule has 2 aromatic rings. The molecule has 0 amide bonds. The van der Waals surface area contributed by atoms with Crippen LogP contribution in [0.1, 0.15) is 23.9 Å². The van der Waals surface area contributed by atoms with Crippen LogP contribution in [0.2, 0.25) is 0 Å². The van der Waals surface area contributed by atoms with Gasteiger partial charge in [0.05, 0.1) is 14.4 Å². The van der Waals surface area contributed by atoms with E-state index in [0.717, 1.165) is 11.7 Å². The largest absolute Gasteiger partial charge is 0.463 e. The van der Waals surface area contributed by atoms with Crippen LogP contribution in [0.3, 0.4) is 0 Å². The van der Waals surface area contributed by atoms with E-state index in [2.05, 4.69) is 62.1 Å². The quantitative estimate of drug-likeness (QED) is 0.750. The molecule has 1 aromatic carbocycles. The van der Waals surface area contributed by atoms with Gasteiger partial charge in [0, 0.05) is 12.6 Å². The van der Waals surface area contributed by atoms with Gasteiger partial charge in [-0.2, -0.15) is 0 Å². The summed E-state index contributed by atoms with van der Waals surface area (Å²) in [7, 11) is 0. The summed E-state index contributed by atoms with van der Waals surface area (Å²) >= 11 is 5.38. The van der Waals surface area contributed by atoms with Gasteiger partial charge in [-0.25, -0.2) is 0 Å². The van der Waals surface area contributed by atoms with Crippen LogP contribution < -0.4 is 9.64 Å². The molecule has 0 radical (unpaired) electrons. The highest BCUT2D eigenvalue weighted by Crippen LogP contribution is 2.49. The molecule has 3 saturated heterocycles. The average Bonchev–Trinajstić information content (AvgIpc) is 3.19. The fraction of sp³-hybridized carbons (Fsp3) is 0.444. The van der Waals surface area contributed by atoms with Crippen LogP contribution in [0.25, 0.3) is 0 Å². The van der Waals surface area contributed by atoms with E-state index in [1.165, 1.54) is 46.8 Å². The van der Waals surface area contributed by atoms with Crippen LogP contribution in [0, 0.1) is 5.92 Å². The summed E-state index contributed by atoms with van der Waals surface area (Å²) in [4.78, 5) is 6.46. The van der Waals surface area contributed by atoms with Gasteiger partial charge in [0.15, 0.2) is 0 Å². The zero-order valence-electron chi connectivity index (χ0n) is 12.8. The number of nitrogens with zero attached hydrogens (tertiary/aromatic N) is 2. The second-order valence-corrected chi connectivity index (χ2v) is 9.19. The Hall–Kier alpha value is -1.04. The zero-order valence-corrected chi connectivity index (χ0v) is 15.2. The highest BCUT2D eigenvalue weighted by Gasteiger charge is 2.44. The summed E-state index contributed by atoms with van der Waals surface area (Å²) < 4.78 is 7.54. The number of para-hydroxylation sites is 2. The molecule has 6 rings (SSSR count). The van der Waals surface area contributed by atoms with Gasteiger partial charge in [0.1, 0.15) is 5.75 Å². The van der Waals surface area contributed by atoms with Crippen molar-refractivity contribution in [3.63, 3.8) is 0 Å². The van der Waals surface area contributed by atoms with Gasteiger partial charge in [-0.05, 0) is 72.0 Å². The maximum absolute atomic E-state index is 6.38. The molecule has 2 atom stereocenters. The van der Waals surface area contributed by atoms with Gasteiger partial charge in [-0.15, -0.1) is 11.3 Å². The molecule has 5 heteroatoms. The molecular weight excluding hydrogens is 372 g/mol. The predicted octanol–water partition coefficient (Wildman–Crippen LogP) is 4.50. The lowest BCUT2D eigenvalue weighted by atomic mass is 9.83. The third-order valence-corrected chi connectivity index (χ3v) is 7.11. The third-order valence-electron chi connectivity index (χ3n) is 5.45. The van der Waals surface area contributed by atoms with E-state index < -0.39 is 0 Å². The van der Waals surface area contributed by atoms with Crippen molar-refractivity contribution in [2.75, 3.05) is 24.5 Å². The van der Waals surface area contributed by atoms with Crippen LogP contribution in [-0.4, -0.2) is 30.6 Å². The van der Waals surface area contributed by atoms with Crippen LogP contribution in [-0.2, 0) is 0 Å². The zero-order chi connectivity index (χ0) is 15.4. The van der Waals surface area contributed by atoms with E-state index in [-0.39, 0.29) is 6.23 Å². The van der Waals surface area contributed by atoms with Gasteiger partial charge < -0.3 is 14.5 Å². The maximum Gasteiger partial charge on any atom is 0.208 e. The fourth-order valence-electron chi connectivity index (χ4n) is 4.33. The van der Waals surface area contributed by atoms with Crippen molar-refractivity contribution >= 4 is 33.0 Å². The Morgan fingerprint density at radius 2 is 1.91 bits per heavy atom. The number of halogens is 1. The third kappa shape index (κ3) is 2.32. The van der Waals surface area contributed by atoms with Crippen molar-refractivity contribution in [3.05, 3.63) is 45.1 Å². The van der Waals surface area contributed by atoms with E-state index in [4.69, 9.17) is 4.74 Å². The molecule has 0 spiro atoms. The minimum Gasteiger partial charge on any atom is -0.463 e. The molecular formula is C18H19BrN2OS. The Bertz CT molecular complexity index is 725. The normalized spacial score (nSPS) is 32.0. The van der Waals surface area contributed by atoms with E-state index >= 15 is 0 Å². The summed E-state index contributed by atoms with van der Waals surface area (Å²) in [5, 5.41) is 0. The van der Waals surface area contributed by atoms with Crippen molar-refractivity contribution in [1.82, 2.24) is 4.90 Å². The summed E-state index contributed by atoms with van der Waals surface area (Å²) in [5.41, 5.74) is 1.26. The van der Waals surface area contributed by atoms with Gasteiger partial charge >= 0.3 is 0 Å². The molecule has 2 bridgehead atoms. The van der Waals surface area contributed by atoms with E-state index in [1.54, 1.807) is 11.3 Å². The van der Waals surface area contributed by atoms with Crippen LogP contribution >= 0.6 is 27.3 Å². The smallest absolute Gasteiger partial charge is 0.208 e. The van der Waals surface area contributed by atoms with Gasteiger partial charge in [0.2, 0.25) is 6.23 Å². The first-order valence-electron chi connectivity index (χ1n) is 8.31. The van der Waals surface area contributed by atoms with Gasteiger partial charge in [-0.1, -0.05) is 12.1 Å². The molecule has 4 aliphatic rings. The number of piperidine rings is 3. The van der Waals surface area contributed by atoms with E-state index in [9.17, 15) is 0 Å². The second kappa shape index (κ2) is 5.50. The lowest BCUT2D eigenvalue weighted by molar-refractivity contribution is 0.0704. The van der Waals surface area contributed by atoms with E-state index in [1.807, 2.05) is 0 Å². The van der Waals surface area contributed by atoms with Crippen LogP contribution in [0.4, 0.5) is 5.69 Å². The lowest BCUT2D eigenvalue weighted by Crippen LogP contribution is -2.57. The number of rotatable bonds is 2. The van der Waals surface area contributed by atoms with Crippen molar-refractivity contribution in [2.24, 2.45) is 5.92 Å². The minimum absolute atomic E-state index is 0.0225. The Balaban J connectivity index is 1.56. The SMILES string of the molecule is Brc1ccc([C@@H]2Oc3ccccc3N2C2CN3CCC2CC3)s1. The number of hydrogen-bond acceptors (Lipinski definition) is 4. The van der Waals surface area contributed by atoms with Gasteiger partial charge in [0.25, 0.3) is 0 Å². The highest BCUT2D eigenvalue weighted by molar-refractivity contribution is 9.11. The molecule has 120 valence electrons. The Morgan fingerprint density at radius 1 is 1.09 bits per heavy atom. The number of benzene rings is 1. The van der Waals surface area contributed by atoms with Crippen LogP contribution in [0.15, 0.2) is 40.2 Å². The van der Waals surface area contributed by atoms with E-state index in [0.29, 0.717) is 6.04 Å². The van der Waals surface area contributed by atoms with Gasteiger partial charge in [-0.3, -0.25) is 0 Å². The molecule has 3 fully saturated rings. The number of hydrogen-bond donors (Lipinski definition) is 0. The second-order valence-electron chi connectivity index (χ2n) is 6.69. The number of ether oxygens (including phenoxy) is 1. The number of thiophene rings is 1. The minimum atomic E-state index is 0.0225. The molecule has 5 heterocycles. The summed E-state index contributed by atoms with van der Waals surface area (Å²) in [5.74, 6) is 1.82. The number of fused-ring (bicyclic) bond motifs is 4. The standard InChI is InChI=1S/C18H19BrN2OS/c19-17-6-5-16(23-17)18-21(13-3-1-2-4-15(13)22-18)14-11-20-9-7-12(14)8-10-20/h1-6,12,14,18H,7-11H2/t14?,18-/m0/s1. The van der Waals surface area contributed by atoms with Crippen molar-refractivity contribution in [2.45, 2.75) is 25.1 Å². The molecule has 0 saturated carbocycles. The lowest BCUT2D eigenvalue weighted by Gasteiger charge is -2.49. The fourth-order valence-corrected chi connectivity index (χ4v) is 5.78. The maximum atomic E-state index is 6.38. The molecule has 1 unspecified atom stereocenters. The summed E-state index contributed by atoms with van der Waals surface area (Å²) in [6.45, 7) is 3.71. The van der Waals surface area contributed by atoms with Crippen molar-refractivity contribution in [3.8, 4) is 5.75 Å². The summed E-state index contributed by atoms with van der Waals surface area (Å²) in [6.07, 6.45) is 2.67. The molecule has 1 aromatic heterocycles. The Labute approximate surface area is 149 Å². The summed E-state index contributed by atoms with van der Waals surface area (Å²) in [6, 6.07) is 13.4. The molecule has 0 N–H and O–H groups in total. The Morgan fingerprint density at radius 3 is 2.61 bits per heavy atom. The first-order chi connectivity index (χ1) is 11.3. The molecule has 3 nitrogen and oxygen atoms in total. The van der Waals surface area contributed by atoms with Crippen LogP contribution in [0.5, 0.6) is 5.75 Å². The van der Waals surface area contributed by atoms with Crippen molar-refractivity contribution < 1.29 is 4.74 Å². The average molecular weight is 391 g/mol. The first-order valence-corrected chi connectivity index (χ1v) is 9.92. The number of anilines is 1. The Kier molecular flexibility index (Phi) is 3.42. The topological polar surface area (TPSA) is 15.7 Å². The highest BCUT2D eigenvalue weighted by atomic mass is 79.9. The monoisotopic (exact) mass is 390 g/mol. The molecule has 23 heavy (non-hydrogen) atoms. The first kappa shape index (κ1) is 14.3. The van der Waals surface area contributed by atoms with Crippen molar-refractivity contribution in [1.29, 1.82) is 0 Å². The molecule has 4 aliphatic heterocycles.